The summed E-state index contributed by atoms with van der Waals surface area (Å²) in [4.78, 5) is 23.2. The van der Waals surface area contributed by atoms with Crippen LogP contribution in [0.3, 0.4) is 0 Å². The smallest absolute Gasteiger partial charge is 0.270 e. The fourth-order valence-electron chi connectivity index (χ4n) is 2.45. The highest BCUT2D eigenvalue weighted by atomic mass is 16.6. The van der Waals surface area contributed by atoms with E-state index in [0.717, 1.165) is 11.6 Å². The molecule has 0 aliphatic heterocycles. The Morgan fingerprint density at radius 3 is 2.52 bits per heavy atom. The Kier molecular flexibility index (Phi) is 5.03. The van der Waals surface area contributed by atoms with Crippen molar-refractivity contribution in [2.75, 3.05) is 5.32 Å². The molecule has 3 aromatic carbocycles. The SMILES string of the molecule is Cc1ccc(O)c(NC(=O)c2cc([N+](=O)[O-])ccc2Oc2ccccc2)c1. The molecular formula is C20H16N2O5. The number of para-hydroxylation sites is 1. The Bertz CT molecular complexity index is 1000. The second-order valence-electron chi connectivity index (χ2n) is 5.83. The first-order valence-corrected chi connectivity index (χ1v) is 8.06. The van der Waals surface area contributed by atoms with Gasteiger partial charge in [0.1, 0.15) is 17.2 Å². The zero-order chi connectivity index (χ0) is 19.4. The Hall–Kier alpha value is -3.87. The molecule has 7 heteroatoms. The summed E-state index contributed by atoms with van der Waals surface area (Å²) in [5.41, 5.74) is 0.781. The van der Waals surface area contributed by atoms with E-state index in [4.69, 9.17) is 4.74 Å². The van der Waals surface area contributed by atoms with E-state index >= 15 is 0 Å². The molecule has 0 unspecified atom stereocenters. The Morgan fingerprint density at radius 2 is 1.81 bits per heavy atom. The molecule has 3 aromatic rings. The fraction of sp³-hybridized carbons (Fsp3) is 0.0500. The van der Waals surface area contributed by atoms with Crippen molar-refractivity contribution in [3.8, 4) is 17.2 Å². The average Bonchev–Trinajstić information content (AvgIpc) is 2.65. The van der Waals surface area contributed by atoms with Crippen LogP contribution in [0.2, 0.25) is 0 Å². The zero-order valence-corrected chi connectivity index (χ0v) is 14.4. The molecule has 0 aliphatic rings. The minimum Gasteiger partial charge on any atom is -0.506 e. The van der Waals surface area contributed by atoms with Crippen LogP contribution in [0.25, 0.3) is 0 Å². The quantitative estimate of drug-likeness (QED) is 0.390. The summed E-state index contributed by atoms with van der Waals surface area (Å²) in [5, 5.41) is 23.6. The Labute approximate surface area is 155 Å². The van der Waals surface area contributed by atoms with E-state index in [1.54, 1.807) is 36.4 Å². The molecule has 0 spiro atoms. The first-order valence-electron chi connectivity index (χ1n) is 8.06. The summed E-state index contributed by atoms with van der Waals surface area (Å²) in [7, 11) is 0. The number of hydrogen-bond acceptors (Lipinski definition) is 5. The van der Waals surface area contributed by atoms with Crippen LogP contribution in [0.4, 0.5) is 11.4 Å². The maximum Gasteiger partial charge on any atom is 0.270 e. The third kappa shape index (κ3) is 4.21. The molecule has 0 radical (unpaired) electrons. The number of nitro groups is 1. The lowest BCUT2D eigenvalue weighted by atomic mass is 10.1. The number of aryl methyl sites for hydroxylation is 1. The van der Waals surface area contributed by atoms with Crippen LogP contribution in [0.15, 0.2) is 66.7 Å². The summed E-state index contributed by atoms with van der Waals surface area (Å²) >= 11 is 0. The summed E-state index contributed by atoms with van der Waals surface area (Å²) < 4.78 is 5.71. The van der Waals surface area contributed by atoms with Crippen LogP contribution < -0.4 is 10.1 Å². The van der Waals surface area contributed by atoms with Crippen molar-refractivity contribution in [2.24, 2.45) is 0 Å². The van der Waals surface area contributed by atoms with Gasteiger partial charge in [-0.1, -0.05) is 24.3 Å². The molecule has 2 N–H and O–H groups in total. The molecule has 0 heterocycles. The van der Waals surface area contributed by atoms with Gasteiger partial charge in [-0.25, -0.2) is 0 Å². The second-order valence-corrected chi connectivity index (χ2v) is 5.83. The average molecular weight is 364 g/mol. The van der Waals surface area contributed by atoms with E-state index in [2.05, 4.69) is 5.32 Å². The van der Waals surface area contributed by atoms with Crippen molar-refractivity contribution in [1.82, 2.24) is 0 Å². The normalized spacial score (nSPS) is 10.3. The lowest BCUT2D eigenvalue weighted by Gasteiger charge is -2.12. The number of anilines is 1. The van der Waals surface area contributed by atoms with Crippen molar-refractivity contribution < 1.29 is 19.6 Å². The molecule has 0 bridgehead atoms. The summed E-state index contributed by atoms with van der Waals surface area (Å²) in [6.45, 7) is 1.81. The number of aromatic hydroxyl groups is 1. The number of nitro benzene ring substituents is 1. The van der Waals surface area contributed by atoms with Crippen LogP contribution in [0.1, 0.15) is 15.9 Å². The van der Waals surface area contributed by atoms with Crippen LogP contribution in [0, 0.1) is 17.0 Å². The minimum atomic E-state index is -0.634. The zero-order valence-electron chi connectivity index (χ0n) is 14.4. The number of amides is 1. The summed E-state index contributed by atoms with van der Waals surface area (Å²) in [6, 6.07) is 17.3. The predicted molar refractivity (Wildman–Crippen MR) is 100 cm³/mol. The standard InChI is InChI=1S/C20H16N2O5/c1-13-7-9-18(23)17(11-13)21-20(24)16-12-14(22(25)26)8-10-19(16)27-15-5-3-2-4-6-15/h2-12,23H,1H3,(H,21,24). The molecule has 0 saturated carbocycles. The molecule has 0 aliphatic carbocycles. The predicted octanol–water partition coefficient (Wildman–Crippen LogP) is 4.65. The number of nitrogens with zero attached hydrogens (tertiary/aromatic N) is 1. The van der Waals surface area contributed by atoms with Crippen molar-refractivity contribution >= 4 is 17.3 Å². The Balaban J connectivity index is 1.97. The van der Waals surface area contributed by atoms with Gasteiger partial charge >= 0.3 is 0 Å². The minimum absolute atomic E-state index is 0.0195. The van der Waals surface area contributed by atoms with Gasteiger partial charge in [0.2, 0.25) is 0 Å². The van der Waals surface area contributed by atoms with Gasteiger partial charge in [0.05, 0.1) is 16.2 Å². The summed E-state index contributed by atoms with van der Waals surface area (Å²) in [5.74, 6) is -0.0920. The maximum absolute atomic E-state index is 12.7. The van der Waals surface area contributed by atoms with Crippen LogP contribution >= 0.6 is 0 Å². The number of phenolic OH excluding ortho intramolecular Hbond substituents is 1. The number of hydrogen-bond donors (Lipinski definition) is 2. The van der Waals surface area contributed by atoms with Crippen LogP contribution in [-0.4, -0.2) is 15.9 Å². The molecule has 0 aromatic heterocycles. The first-order chi connectivity index (χ1) is 12.9. The first kappa shape index (κ1) is 17.9. The maximum atomic E-state index is 12.7. The molecule has 0 fully saturated rings. The molecular weight excluding hydrogens is 348 g/mol. The van der Waals surface area contributed by atoms with Gasteiger partial charge in [-0.3, -0.25) is 14.9 Å². The van der Waals surface area contributed by atoms with Gasteiger partial charge in [0.25, 0.3) is 11.6 Å². The highest BCUT2D eigenvalue weighted by molar-refractivity contribution is 6.07. The number of nitrogens with one attached hydrogen (secondary N) is 1. The topological polar surface area (TPSA) is 102 Å². The lowest BCUT2D eigenvalue weighted by Crippen LogP contribution is -2.13. The number of carbonyl (C=O) groups excluding carboxylic acids is 1. The van der Waals surface area contributed by atoms with Crippen LogP contribution in [-0.2, 0) is 0 Å². The number of non-ortho nitro benzene ring substituents is 1. The molecule has 27 heavy (non-hydrogen) atoms. The van der Waals surface area contributed by atoms with E-state index in [0.29, 0.717) is 5.75 Å². The molecule has 1 amide bonds. The number of carbonyl (C=O) groups is 1. The number of rotatable bonds is 5. The number of benzene rings is 3. The van der Waals surface area contributed by atoms with Gasteiger partial charge in [-0.2, -0.15) is 0 Å². The van der Waals surface area contributed by atoms with Crippen molar-refractivity contribution in [3.63, 3.8) is 0 Å². The van der Waals surface area contributed by atoms with E-state index in [-0.39, 0.29) is 28.4 Å². The highest BCUT2D eigenvalue weighted by Crippen LogP contribution is 2.31. The van der Waals surface area contributed by atoms with E-state index in [1.807, 2.05) is 13.0 Å². The summed E-state index contributed by atoms with van der Waals surface area (Å²) in [6.07, 6.45) is 0. The van der Waals surface area contributed by atoms with Gasteiger partial charge in [-0.15, -0.1) is 0 Å². The molecule has 0 saturated heterocycles. The van der Waals surface area contributed by atoms with Crippen molar-refractivity contribution in [3.05, 3.63) is 88.0 Å². The van der Waals surface area contributed by atoms with Gasteiger partial charge in [-0.05, 0) is 42.8 Å². The van der Waals surface area contributed by atoms with Crippen molar-refractivity contribution in [2.45, 2.75) is 6.92 Å². The van der Waals surface area contributed by atoms with Gasteiger partial charge < -0.3 is 15.2 Å². The van der Waals surface area contributed by atoms with E-state index < -0.39 is 10.8 Å². The number of ether oxygens (including phenoxy) is 1. The third-order valence-corrected chi connectivity index (χ3v) is 3.79. The monoisotopic (exact) mass is 364 g/mol. The molecule has 7 nitrogen and oxygen atoms in total. The van der Waals surface area contributed by atoms with E-state index in [1.165, 1.54) is 18.2 Å². The Morgan fingerprint density at radius 1 is 1.07 bits per heavy atom. The molecule has 0 atom stereocenters. The molecule has 136 valence electrons. The molecule has 3 rings (SSSR count). The largest absolute Gasteiger partial charge is 0.506 e. The van der Waals surface area contributed by atoms with Gasteiger partial charge in [0.15, 0.2) is 0 Å². The van der Waals surface area contributed by atoms with Crippen molar-refractivity contribution in [1.29, 1.82) is 0 Å². The van der Waals surface area contributed by atoms with Crippen LogP contribution in [0.5, 0.6) is 17.2 Å². The fourth-order valence-corrected chi connectivity index (χ4v) is 2.45. The second kappa shape index (κ2) is 7.57. The highest BCUT2D eigenvalue weighted by Gasteiger charge is 2.19. The van der Waals surface area contributed by atoms with Gasteiger partial charge in [0, 0.05) is 12.1 Å². The third-order valence-electron chi connectivity index (χ3n) is 3.79. The lowest BCUT2D eigenvalue weighted by molar-refractivity contribution is -0.384. The number of phenols is 1. The van der Waals surface area contributed by atoms with E-state index in [9.17, 15) is 20.0 Å².